The Bertz CT molecular complexity index is 528. The monoisotopic (exact) mass is 300 g/mol. The Kier molecular flexibility index (Phi) is 6.77. The van der Waals surface area contributed by atoms with Crippen LogP contribution >= 0.6 is 11.8 Å². The van der Waals surface area contributed by atoms with Gasteiger partial charge in [0.25, 0.3) is 0 Å². The van der Waals surface area contributed by atoms with Gasteiger partial charge in [-0.15, -0.1) is 11.8 Å². The molecule has 0 bridgehead atoms. The molecule has 0 amide bonds. The van der Waals surface area contributed by atoms with Crippen LogP contribution in [0, 0.1) is 6.92 Å². The van der Waals surface area contributed by atoms with Crippen LogP contribution < -0.4 is 5.32 Å². The normalized spacial score (nSPS) is 12.3. The van der Waals surface area contributed by atoms with Gasteiger partial charge in [0, 0.05) is 29.1 Å². The fourth-order valence-corrected chi connectivity index (χ4v) is 3.32. The Morgan fingerprint density at radius 3 is 2.86 bits per heavy atom. The number of rotatable bonds is 8. The van der Waals surface area contributed by atoms with Crippen molar-refractivity contribution in [1.82, 2.24) is 10.3 Å². The van der Waals surface area contributed by atoms with E-state index in [2.05, 4.69) is 54.5 Å². The summed E-state index contributed by atoms with van der Waals surface area (Å²) in [6.45, 7) is 5.42. The standard InChI is InChI=1S/C18H24N2S/c1-3-9-20-17(12-16-7-5-10-19-13-16)14-21-18-8-4-6-15(2)11-18/h4-8,10-11,13,17,20H,3,9,12,14H2,1-2H3. The number of nitrogens with zero attached hydrogens (tertiary/aromatic N) is 1. The third-order valence-corrected chi connectivity index (χ3v) is 4.48. The lowest BCUT2D eigenvalue weighted by molar-refractivity contribution is 0.549. The maximum Gasteiger partial charge on any atom is 0.0300 e. The predicted octanol–water partition coefficient (Wildman–Crippen LogP) is 4.09. The van der Waals surface area contributed by atoms with Crippen molar-refractivity contribution in [2.75, 3.05) is 12.3 Å². The molecule has 2 nitrogen and oxygen atoms in total. The zero-order chi connectivity index (χ0) is 14.9. The number of benzene rings is 1. The number of hydrogen-bond donors (Lipinski definition) is 1. The van der Waals surface area contributed by atoms with Crippen molar-refractivity contribution in [1.29, 1.82) is 0 Å². The quantitative estimate of drug-likeness (QED) is 0.743. The van der Waals surface area contributed by atoms with Crippen LogP contribution in [0.5, 0.6) is 0 Å². The van der Waals surface area contributed by atoms with Crippen molar-refractivity contribution in [3.05, 3.63) is 59.9 Å². The molecule has 0 saturated carbocycles. The Morgan fingerprint density at radius 1 is 1.24 bits per heavy atom. The molecular weight excluding hydrogens is 276 g/mol. The first kappa shape index (κ1) is 16.1. The molecule has 2 rings (SSSR count). The van der Waals surface area contributed by atoms with Crippen LogP contribution in [-0.4, -0.2) is 23.3 Å². The summed E-state index contributed by atoms with van der Waals surface area (Å²) in [6, 6.07) is 13.4. The predicted molar refractivity (Wildman–Crippen MR) is 91.9 cm³/mol. The van der Waals surface area contributed by atoms with Crippen LogP contribution in [0.25, 0.3) is 0 Å². The van der Waals surface area contributed by atoms with E-state index in [1.54, 1.807) is 0 Å². The van der Waals surface area contributed by atoms with Crippen LogP contribution in [-0.2, 0) is 6.42 Å². The minimum atomic E-state index is 0.486. The summed E-state index contributed by atoms with van der Waals surface area (Å²) < 4.78 is 0. The summed E-state index contributed by atoms with van der Waals surface area (Å²) in [5.41, 5.74) is 2.63. The largest absolute Gasteiger partial charge is 0.313 e. The third-order valence-electron chi connectivity index (χ3n) is 3.33. The molecule has 0 aliphatic rings. The summed E-state index contributed by atoms with van der Waals surface area (Å²) in [6.07, 6.45) is 6.00. The topological polar surface area (TPSA) is 24.9 Å². The van der Waals surface area contributed by atoms with Crippen molar-refractivity contribution in [2.45, 2.75) is 37.6 Å². The van der Waals surface area contributed by atoms with Gasteiger partial charge >= 0.3 is 0 Å². The average Bonchev–Trinajstić information content (AvgIpc) is 2.51. The van der Waals surface area contributed by atoms with Gasteiger partial charge in [-0.1, -0.05) is 30.7 Å². The van der Waals surface area contributed by atoms with E-state index in [-0.39, 0.29) is 0 Å². The van der Waals surface area contributed by atoms with E-state index in [0.717, 1.165) is 18.7 Å². The van der Waals surface area contributed by atoms with Gasteiger partial charge in [-0.25, -0.2) is 0 Å². The lowest BCUT2D eigenvalue weighted by Gasteiger charge is -2.18. The van der Waals surface area contributed by atoms with Gasteiger partial charge in [-0.3, -0.25) is 4.98 Å². The first-order valence-corrected chi connectivity index (χ1v) is 8.58. The number of aryl methyl sites for hydroxylation is 1. The van der Waals surface area contributed by atoms with Crippen molar-refractivity contribution in [3.8, 4) is 0 Å². The van der Waals surface area contributed by atoms with Crippen LogP contribution in [0.15, 0.2) is 53.7 Å². The first-order valence-electron chi connectivity index (χ1n) is 7.59. The van der Waals surface area contributed by atoms with E-state index in [4.69, 9.17) is 0 Å². The molecule has 1 N–H and O–H groups in total. The van der Waals surface area contributed by atoms with Gasteiger partial charge in [-0.2, -0.15) is 0 Å². The maximum atomic E-state index is 4.21. The molecule has 21 heavy (non-hydrogen) atoms. The molecule has 1 atom stereocenters. The van der Waals surface area contributed by atoms with Gasteiger partial charge in [0.05, 0.1) is 0 Å². The molecule has 0 aliphatic heterocycles. The van der Waals surface area contributed by atoms with Gasteiger partial charge in [0.15, 0.2) is 0 Å². The molecule has 1 aromatic carbocycles. The second-order valence-electron chi connectivity index (χ2n) is 5.34. The Morgan fingerprint density at radius 2 is 2.14 bits per heavy atom. The molecule has 0 aliphatic carbocycles. The summed E-state index contributed by atoms with van der Waals surface area (Å²) in [7, 11) is 0. The highest BCUT2D eigenvalue weighted by Crippen LogP contribution is 2.20. The first-order chi connectivity index (χ1) is 10.3. The zero-order valence-electron chi connectivity index (χ0n) is 12.9. The third kappa shape index (κ3) is 5.90. The summed E-state index contributed by atoms with van der Waals surface area (Å²) in [4.78, 5) is 5.56. The molecule has 0 fully saturated rings. The molecular formula is C18H24N2S. The fraction of sp³-hybridized carbons (Fsp3) is 0.389. The molecule has 2 aromatic rings. The van der Waals surface area contributed by atoms with Crippen LogP contribution in [0.1, 0.15) is 24.5 Å². The Labute approximate surface area is 132 Å². The average molecular weight is 300 g/mol. The van der Waals surface area contributed by atoms with Crippen molar-refractivity contribution in [3.63, 3.8) is 0 Å². The molecule has 112 valence electrons. The minimum Gasteiger partial charge on any atom is -0.313 e. The Balaban J connectivity index is 1.92. The highest BCUT2D eigenvalue weighted by Gasteiger charge is 2.10. The van der Waals surface area contributed by atoms with Gasteiger partial charge in [0.2, 0.25) is 0 Å². The highest BCUT2D eigenvalue weighted by atomic mass is 32.2. The Hall–Kier alpha value is -1.32. The van der Waals surface area contributed by atoms with Crippen molar-refractivity contribution < 1.29 is 0 Å². The molecule has 0 spiro atoms. The lowest BCUT2D eigenvalue weighted by Crippen LogP contribution is -2.34. The van der Waals surface area contributed by atoms with E-state index < -0.39 is 0 Å². The van der Waals surface area contributed by atoms with Gasteiger partial charge in [0.1, 0.15) is 0 Å². The fourth-order valence-electron chi connectivity index (χ4n) is 2.24. The number of hydrogen-bond acceptors (Lipinski definition) is 3. The smallest absolute Gasteiger partial charge is 0.0300 e. The maximum absolute atomic E-state index is 4.21. The van der Waals surface area contributed by atoms with Crippen LogP contribution in [0.3, 0.4) is 0 Å². The lowest BCUT2D eigenvalue weighted by atomic mass is 10.1. The summed E-state index contributed by atoms with van der Waals surface area (Å²) >= 11 is 1.93. The van der Waals surface area contributed by atoms with Gasteiger partial charge < -0.3 is 5.32 Å². The molecule has 1 unspecified atom stereocenters. The van der Waals surface area contributed by atoms with Crippen LogP contribution in [0.2, 0.25) is 0 Å². The molecule has 0 saturated heterocycles. The molecule has 1 aromatic heterocycles. The summed E-state index contributed by atoms with van der Waals surface area (Å²) in [5, 5.41) is 3.65. The van der Waals surface area contributed by atoms with E-state index in [1.165, 1.54) is 22.4 Å². The van der Waals surface area contributed by atoms with Gasteiger partial charge in [-0.05, 0) is 50.1 Å². The van der Waals surface area contributed by atoms with Crippen molar-refractivity contribution in [2.24, 2.45) is 0 Å². The second kappa shape index (κ2) is 8.85. The number of aromatic nitrogens is 1. The minimum absolute atomic E-state index is 0.486. The van der Waals surface area contributed by atoms with E-state index in [9.17, 15) is 0 Å². The second-order valence-corrected chi connectivity index (χ2v) is 6.44. The zero-order valence-corrected chi connectivity index (χ0v) is 13.7. The van der Waals surface area contributed by atoms with Crippen molar-refractivity contribution >= 4 is 11.8 Å². The number of thioether (sulfide) groups is 1. The number of nitrogens with one attached hydrogen (secondary N) is 1. The van der Waals surface area contributed by atoms with Crippen LogP contribution in [0.4, 0.5) is 0 Å². The summed E-state index contributed by atoms with van der Waals surface area (Å²) in [5.74, 6) is 1.08. The SMILES string of the molecule is CCCNC(CSc1cccc(C)c1)Cc1cccnc1. The molecule has 3 heteroatoms. The number of pyridine rings is 1. The van der Waals surface area contributed by atoms with E-state index >= 15 is 0 Å². The molecule has 0 radical (unpaired) electrons. The van der Waals surface area contributed by atoms with E-state index in [0.29, 0.717) is 6.04 Å². The molecule has 1 heterocycles. The van der Waals surface area contributed by atoms with E-state index in [1.807, 2.05) is 30.2 Å². The highest BCUT2D eigenvalue weighted by molar-refractivity contribution is 7.99.